The first-order chi connectivity index (χ1) is 11.5. The SMILES string of the molecule is CCNC(=NCc1cccc(N(C)C)n1)NCc1nc(C)c(C)s1.I. The maximum Gasteiger partial charge on any atom is 0.191 e. The van der Waals surface area contributed by atoms with Gasteiger partial charge in [0.2, 0.25) is 0 Å². The Labute approximate surface area is 171 Å². The molecule has 0 radical (unpaired) electrons. The Balaban J connectivity index is 0.00000312. The topological polar surface area (TPSA) is 65.4 Å². The van der Waals surface area contributed by atoms with Crippen molar-refractivity contribution in [3.63, 3.8) is 0 Å². The summed E-state index contributed by atoms with van der Waals surface area (Å²) in [6.45, 7) is 8.22. The highest BCUT2D eigenvalue weighted by atomic mass is 127. The zero-order chi connectivity index (χ0) is 17.5. The first-order valence-corrected chi connectivity index (χ1v) is 8.89. The standard InChI is InChI=1S/C17H26N6S.HI/c1-6-18-17(20-11-16-21-12(2)13(3)24-16)19-10-14-8-7-9-15(22-14)23(4)5;/h7-9H,6,10-11H2,1-5H3,(H2,18,19,20);1H. The van der Waals surface area contributed by atoms with Crippen LogP contribution in [0.2, 0.25) is 0 Å². The summed E-state index contributed by atoms with van der Waals surface area (Å²) in [5, 5.41) is 7.67. The second-order valence-electron chi connectivity index (χ2n) is 5.68. The normalized spacial score (nSPS) is 11.0. The van der Waals surface area contributed by atoms with E-state index in [0.29, 0.717) is 13.1 Å². The van der Waals surface area contributed by atoms with Gasteiger partial charge in [-0.15, -0.1) is 35.3 Å². The molecular weight excluding hydrogens is 447 g/mol. The number of aliphatic imine (C=N–C) groups is 1. The van der Waals surface area contributed by atoms with E-state index in [2.05, 4.69) is 39.4 Å². The molecule has 8 heteroatoms. The highest BCUT2D eigenvalue weighted by Gasteiger charge is 2.05. The van der Waals surface area contributed by atoms with Crippen LogP contribution in [0.5, 0.6) is 0 Å². The predicted octanol–water partition coefficient (Wildman–Crippen LogP) is 3.09. The van der Waals surface area contributed by atoms with Gasteiger partial charge in [-0.25, -0.2) is 15.0 Å². The Morgan fingerprint density at radius 3 is 2.56 bits per heavy atom. The van der Waals surface area contributed by atoms with Gasteiger partial charge >= 0.3 is 0 Å². The lowest BCUT2D eigenvalue weighted by Gasteiger charge is -2.12. The molecule has 0 spiro atoms. The summed E-state index contributed by atoms with van der Waals surface area (Å²) in [6, 6.07) is 5.99. The van der Waals surface area contributed by atoms with E-state index in [1.165, 1.54) is 4.88 Å². The van der Waals surface area contributed by atoms with Crippen LogP contribution in [0.25, 0.3) is 0 Å². The van der Waals surface area contributed by atoms with Crippen LogP contribution in [0.1, 0.15) is 28.2 Å². The summed E-state index contributed by atoms with van der Waals surface area (Å²) in [6.07, 6.45) is 0. The van der Waals surface area contributed by atoms with Crippen molar-refractivity contribution in [2.45, 2.75) is 33.9 Å². The van der Waals surface area contributed by atoms with E-state index in [0.717, 1.165) is 34.7 Å². The molecule has 0 saturated heterocycles. The molecule has 0 aliphatic heterocycles. The van der Waals surface area contributed by atoms with Gasteiger partial charge in [0.15, 0.2) is 5.96 Å². The number of pyridine rings is 1. The molecule has 2 aromatic heterocycles. The van der Waals surface area contributed by atoms with Crippen LogP contribution in [-0.2, 0) is 13.1 Å². The number of aryl methyl sites for hydroxylation is 2. The van der Waals surface area contributed by atoms with Crippen molar-refractivity contribution in [3.05, 3.63) is 39.5 Å². The van der Waals surface area contributed by atoms with E-state index in [1.807, 2.05) is 44.1 Å². The minimum absolute atomic E-state index is 0. The van der Waals surface area contributed by atoms with Crippen molar-refractivity contribution in [1.29, 1.82) is 0 Å². The minimum Gasteiger partial charge on any atom is -0.363 e. The zero-order valence-corrected chi connectivity index (χ0v) is 18.6. The first-order valence-electron chi connectivity index (χ1n) is 8.08. The van der Waals surface area contributed by atoms with Gasteiger partial charge in [-0.1, -0.05) is 6.07 Å². The lowest BCUT2D eigenvalue weighted by Crippen LogP contribution is -2.36. The molecule has 2 rings (SSSR count). The van der Waals surface area contributed by atoms with Gasteiger partial charge in [0.05, 0.1) is 24.5 Å². The second kappa shape index (κ2) is 10.5. The van der Waals surface area contributed by atoms with Crippen LogP contribution in [0, 0.1) is 13.8 Å². The molecule has 0 aliphatic carbocycles. The predicted molar refractivity (Wildman–Crippen MR) is 117 cm³/mol. The summed E-state index contributed by atoms with van der Waals surface area (Å²) < 4.78 is 0. The zero-order valence-electron chi connectivity index (χ0n) is 15.5. The number of halogens is 1. The molecule has 0 fully saturated rings. The number of guanidine groups is 1. The molecule has 0 saturated carbocycles. The lowest BCUT2D eigenvalue weighted by atomic mass is 10.3. The molecular formula is C17H27IN6S. The third-order valence-electron chi connectivity index (χ3n) is 3.47. The molecule has 0 amide bonds. The van der Waals surface area contributed by atoms with Gasteiger partial charge in [0, 0.05) is 25.5 Å². The van der Waals surface area contributed by atoms with Crippen LogP contribution in [0.3, 0.4) is 0 Å². The van der Waals surface area contributed by atoms with E-state index in [9.17, 15) is 0 Å². The van der Waals surface area contributed by atoms with Gasteiger partial charge in [0.25, 0.3) is 0 Å². The highest BCUT2D eigenvalue weighted by molar-refractivity contribution is 14.0. The number of rotatable bonds is 6. The number of nitrogens with one attached hydrogen (secondary N) is 2. The molecule has 0 unspecified atom stereocenters. The Bertz CT molecular complexity index is 679. The number of hydrogen-bond donors (Lipinski definition) is 2. The number of anilines is 1. The van der Waals surface area contributed by atoms with E-state index in [1.54, 1.807) is 11.3 Å². The largest absolute Gasteiger partial charge is 0.363 e. The lowest BCUT2D eigenvalue weighted by molar-refractivity contribution is 0.805. The number of hydrogen-bond acceptors (Lipinski definition) is 5. The molecule has 6 nitrogen and oxygen atoms in total. The molecule has 2 N–H and O–H groups in total. The monoisotopic (exact) mass is 474 g/mol. The Morgan fingerprint density at radius 2 is 1.96 bits per heavy atom. The van der Waals surface area contributed by atoms with Gasteiger partial charge in [-0.3, -0.25) is 0 Å². The maximum absolute atomic E-state index is 4.62. The van der Waals surface area contributed by atoms with E-state index < -0.39 is 0 Å². The fourth-order valence-corrected chi connectivity index (χ4v) is 2.95. The molecule has 0 bridgehead atoms. The minimum atomic E-state index is 0. The average molecular weight is 474 g/mol. The van der Waals surface area contributed by atoms with Crippen molar-refractivity contribution in [1.82, 2.24) is 20.6 Å². The Kier molecular flexibility index (Phi) is 9.12. The molecule has 0 aliphatic rings. The fourth-order valence-electron chi connectivity index (χ4n) is 2.08. The van der Waals surface area contributed by atoms with Crippen LogP contribution in [-0.4, -0.2) is 36.6 Å². The fraction of sp³-hybridized carbons (Fsp3) is 0.471. The molecule has 2 heterocycles. The Morgan fingerprint density at radius 1 is 1.20 bits per heavy atom. The van der Waals surface area contributed by atoms with Gasteiger partial charge in [-0.05, 0) is 32.9 Å². The summed E-state index contributed by atoms with van der Waals surface area (Å²) >= 11 is 1.72. The van der Waals surface area contributed by atoms with Crippen molar-refractivity contribution < 1.29 is 0 Å². The Hall–Kier alpha value is -1.42. The smallest absolute Gasteiger partial charge is 0.191 e. The van der Waals surface area contributed by atoms with Crippen molar-refractivity contribution >= 4 is 47.1 Å². The number of thiazole rings is 1. The third kappa shape index (κ3) is 6.77. The summed E-state index contributed by atoms with van der Waals surface area (Å²) in [5.41, 5.74) is 2.04. The molecule has 25 heavy (non-hydrogen) atoms. The van der Waals surface area contributed by atoms with E-state index >= 15 is 0 Å². The number of nitrogens with zero attached hydrogens (tertiary/aromatic N) is 4. The number of aromatic nitrogens is 2. The van der Waals surface area contributed by atoms with Crippen LogP contribution < -0.4 is 15.5 Å². The highest BCUT2D eigenvalue weighted by Crippen LogP contribution is 2.15. The van der Waals surface area contributed by atoms with Crippen molar-refractivity contribution in [3.8, 4) is 0 Å². The summed E-state index contributed by atoms with van der Waals surface area (Å²) in [7, 11) is 3.97. The molecule has 0 atom stereocenters. The van der Waals surface area contributed by atoms with E-state index in [4.69, 9.17) is 0 Å². The average Bonchev–Trinajstić information content (AvgIpc) is 2.88. The van der Waals surface area contributed by atoms with Gasteiger partial charge in [0.1, 0.15) is 10.8 Å². The van der Waals surface area contributed by atoms with Crippen LogP contribution in [0.15, 0.2) is 23.2 Å². The third-order valence-corrected chi connectivity index (χ3v) is 4.55. The molecule has 2 aromatic rings. The quantitative estimate of drug-likeness (QED) is 0.383. The summed E-state index contributed by atoms with van der Waals surface area (Å²) in [5.74, 6) is 1.72. The molecule has 138 valence electrons. The van der Waals surface area contributed by atoms with Crippen molar-refractivity contribution in [2.24, 2.45) is 4.99 Å². The van der Waals surface area contributed by atoms with Crippen LogP contribution in [0.4, 0.5) is 5.82 Å². The van der Waals surface area contributed by atoms with E-state index in [-0.39, 0.29) is 24.0 Å². The summed E-state index contributed by atoms with van der Waals surface area (Å²) in [4.78, 5) is 17.0. The first kappa shape index (κ1) is 21.6. The van der Waals surface area contributed by atoms with Crippen LogP contribution >= 0.6 is 35.3 Å². The van der Waals surface area contributed by atoms with Gasteiger partial charge < -0.3 is 15.5 Å². The van der Waals surface area contributed by atoms with Gasteiger partial charge in [-0.2, -0.15) is 0 Å². The molecule has 0 aromatic carbocycles. The maximum atomic E-state index is 4.62. The van der Waals surface area contributed by atoms with Crippen molar-refractivity contribution in [2.75, 3.05) is 25.5 Å². The second-order valence-corrected chi connectivity index (χ2v) is 6.97.